The van der Waals surface area contributed by atoms with Gasteiger partial charge in [0.25, 0.3) is 0 Å². The SMILES string of the molecule is CN(CCCC(C)(C)N)c1cccs1. The van der Waals surface area contributed by atoms with Crippen LogP contribution in [0.2, 0.25) is 0 Å². The Bertz CT molecular complexity index is 249. The molecule has 0 saturated heterocycles. The number of hydrogen-bond acceptors (Lipinski definition) is 3. The van der Waals surface area contributed by atoms with Crippen LogP contribution in [0.4, 0.5) is 5.00 Å². The molecule has 14 heavy (non-hydrogen) atoms. The predicted octanol–water partition coefficient (Wildman–Crippen LogP) is 2.70. The molecular formula is C11H20N2S. The van der Waals surface area contributed by atoms with Crippen molar-refractivity contribution in [2.75, 3.05) is 18.5 Å². The van der Waals surface area contributed by atoms with Gasteiger partial charge in [-0.3, -0.25) is 0 Å². The average molecular weight is 212 g/mol. The van der Waals surface area contributed by atoms with Crippen molar-refractivity contribution in [2.24, 2.45) is 5.73 Å². The Hall–Kier alpha value is -0.540. The van der Waals surface area contributed by atoms with Gasteiger partial charge in [0.05, 0.1) is 5.00 Å². The van der Waals surface area contributed by atoms with Gasteiger partial charge in [0, 0.05) is 19.1 Å². The molecular weight excluding hydrogens is 192 g/mol. The van der Waals surface area contributed by atoms with Crippen LogP contribution < -0.4 is 10.6 Å². The summed E-state index contributed by atoms with van der Waals surface area (Å²) in [5, 5.41) is 3.44. The van der Waals surface area contributed by atoms with E-state index in [-0.39, 0.29) is 5.54 Å². The molecule has 0 aliphatic heterocycles. The van der Waals surface area contributed by atoms with E-state index in [1.165, 1.54) is 5.00 Å². The molecule has 0 aliphatic carbocycles. The Labute approximate surface area is 90.7 Å². The zero-order valence-electron chi connectivity index (χ0n) is 9.29. The molecule has 0 fully saturated rings. The maximum atomic E-state index is 5.92. The summed E-state index contributed by atoms with van der Waals surface area (Å²) in [6, 6.07) is 4.24. The smallest absolute Gasteiger partial charge is 0.0905 e. The Morgan fingerprint density at radius 2 is 2.21 bits per heavy atom. The normalized spacial score (nSPS) is 11.7. The van der Waals surface area contributed by atoms with Gasteiger partial charge in [0.1, 0.15) is 0 Å². The van der Waals surface area contributed by atoms with E-state index in [9.17, 15) is 0 Å². The lowest BCUT2D eigenvalue weighted by Crippen LogP contribution is -2.33. The molecule has 2 nitrogen and oxygen atoms in total. The molecule has 0 aliphatic rings. The van der Waals surface area contributed by atoms with Crippen molar-refractivity contribution in [3.05, 3.63) is 17.5 Å². The monoisotopic (exact) mass is 212 g/mol. The Morgan fingerprint density at radius 3 is 2.71 bits per heavy atom. The third kappa shape index (κ3) is 4.11. The standard InChI is InChI=1S/C11H20N2S/c1-11(2,12)7-5-8-13(3)10-6-4-9-14-10/h4,6,9H,5,7-8,12H2,1-3H3. The molecule has 3 heteroatoms. The second kappa shape index (κ2) is 4.80. The number of rotatable bonds is 5. The summed E-state index contributed by atoms with van der Waals surface area (Å²) in [4.78, 5) is 2.29. The van der Waals surface area contributed by atoms with Crippen LogP contribution in [0.15, 0.2) is 17.5 Å². The van der Waals surface area contributed by atoms with Crippen molar-refractivity contribution in [3.63, 3.8) is 0 Å². The number of nitrogens with two attached hydrogens (primary N) is 1. The molecule has 0 unspecified atom stereocenters. The van der Waals surface area contributed by atoms with E-state index in [1.54, 1.807) is 11.3 Å². The fourth-order valence-electron chi connectivity index (χ4n) is 1.37. The van der Waals surface area contributed by atoms with Gasteiger partial charge in [0.15, 0.2) is 0 Å². The van der Waals surface area contributed by atoms with Gasteiger partial charge in [0.2, 0.25) is 0 Å². The van der Waals surface area contributed by atoms with E-state index in [0.29, 0.717) is 0 Å². The topological polar surface area (TPSA) is 29.3 Å². The third-order valence-corrected chi connectivity index (χ3v) is 3.18. The summed E-state index contributed by atoms with van der Waals surface area (Å²) >= 11 is 1.78. The maximum Gasteiger partial charge on any atom is 0.0905 e. The summed E-state index contributed by atoms with van der Waals surface area (Å²) < 4.78 is 0. The highest BCUT2D eigenvalue weighted by Crippen LogP contribution is 2.20. The van der Waals surface area contributed by atoms with E-state index in [2.05, 4.69) is 43.3 Å². The van der Waals surface area contributed by atoms with Gasteiger partial charge in [-0.15, -0.1) is 11.3 Å². The second-order valence-corrected chi connectivity index (χ2v) is 5.39. The van der Waals surface area contributed by atoms with Crippen LogP contribution in [0, 0.1) is 0 Å². The molecule has 2 N–H and O–H groups in total. The summed E-state index contributed by atoms with van der Waals surface area (Å²) in [5.41, 5.74) is 5.89. The minimum atomic E-state index is -0.0315. The predicted molar refractivity (Wildman–Crippen MR) is 65.1 cm³/mol. The highest BCUT2D eigenvalue weighted by Gasteiger charge is 2.10. The van der Waals surface area contributed by atoms with Crippen LogP contribution in [-0.2, 0) is 0 Å². The Morgan fingerprint density at radius 1 is 1.50 bits per heavy atom. The van der Waals surface area contributed by atoms with Crippen molar-refractivity contribution in [2.45, 2.75) is 32.2 Å². The summed E-state index contributed by atoms with van der Waals surface area (Å²) in [7, 11) is 2.13. The first-order valence-electron chi connectivity index (χ1n) is 5.02. The lowest BCUT2D eigenvalue weighted by molar-refractivity contribution is 0.460. The van der Waals surface area contributed by atoms with Crippen LogP contribution in [0.3, 0.4) is 0 Å². The van der Waals surface area contributed by atoms with Crippen LogP contribution in [0.5, 0.6) is 0 Å². The Balaban J connectivity index is 2.26. The summed E-state index contributed by atoms with van der Waals surface area (Å²) in [5.74, 6) is 0. The fourth-order valence-corrected chi connectivity index (χ4v) is 2.09. The zero-order chi connectivity index (χ0) is 10.6. The number of anilines is 1. The lowest BCUT2D eigenvalue weighted by Gasteiger charge is -2.21. The average Bonchev–Trinajstić information content (AvgIpc) is 2.53. The van der Waals surface area contributed by atoms with Gasteiger partial charge in [-0.2, -0.15) is 0 Å². The van der Waals surface area contributed by atoms with Crippen LogP contribution in [0.1, 0.15) is 26.7 Å². The van der Waals surface area contributed by atoms with E-state index < -0.39 is 0 Å². The van der Waals surface area contributed by atoms with Gasteiger partial charge < -0.3 is 10.6 Å². The van der Waals surface area contributed by atoms with Crippen molar-refractivity contribution >= 4 is 16.3 Å². The minimum absolute atomic E-state index is 0.0315. The molecule has 0 bridgehead atoms. The minimum Gasteiger partial charge on any atom is -0.367 e. The quantitative estimate of drug-likeness (QED) is 0.813. The van der Waals surface area contributed by atoms with Gasteiger partial charge in [-0.1, -0.05) is 0 Å². The molecule has 0 aromatic carbocycles. The van der Waals surface area contributed by atoms with Crippen molar-refractivity contribution in [1.29, 1.82) is 0 Å². The molecule has 0 atom stereocenters. The highest BCUT2D eigenvalue weighted by molar-refractivity contribution is 7.14. The number of hydrogen-bond donors (Lipinski definition) is 1. The largest absolute Gasteiger partial charge is 0.367 e. The van der Waals surface area contributed by atoms with Crippen molar-refractivity contribution in [3.8, 4) is 0 Å². The van der Waals surface area contributed by atoms with E-state index >= 15 is 0 Å². The van der Waals surface area contributed by atoms with Gasteiger partial charge >= 0.3 is 0 Å². The first-order chi connectivity index (χ1) is 6.49. The van der Waals surface area contributed by atoms with Gasteiger partial charge in [-0.05, 0) is 44.2 Å². The molecule has 1 heterocycles. The first-order valence-corrected chi connectivity index (χ1v) is 5.90. The first kappa shape index (κ1) is 11.5. The lowest BCUT2D eigenvalue weighted by atomic mass is 10.0. The number of thiophene rings is 1. The zero-order valence-corrected chi connectivity index (χ0v) is 10.1. The number of nitrogens with zero attached hydrogens (tertiary/aromatic N) is 1. The van der Waals surface area contributed by atoms with Crippen molar-refractivity contribution < 1.29 is 0 Å². The molecule has 0 spiro atoms. The molecule has 80 valence electrons. The second-order valence-electron chi connectivity index (χ2n) is 4.46. The van der Waals surface area contributed by atoms with Crippen LogP contribution in [0.25, 0.3) is 0 Å². The third-order valence-electron chi connectivity index (χ3n) is 2.20. The van der Waals surface area contributed by atoms with Crippen LogP contribution >= 0.6 is 11.3 Å². The molecule has 0 saturated carbocycles. The maximum absolute atomic E-state index is 5.92. The summed E-state index contributed by atoms with van der Waals surface area (Å²) in [6.07, 6.45) is 2.22. The van der Waals surface area contributed by atoms with Crippen LogP contribution in [-0.4, -0.2) is 19.1 Å². The van der Waals surface area contributed by atoms with E-state index in [4.69, 9.17) is 5.73 Å². The van der Waals surface area contributed by atoms with Crippen molar-refractivity contribution in [1.82, 2.24) is 0 Å². The molecule has 1 aromatic rings. The molecule has 1 rings (SSSR count). The highest BCUT2D eigenvalue weighted by atomic mass is 32.1. The molecule has 1 aromatic heterocycles. The summed E-state index contributed by atoms with van der Waals surface area (Å²) in [6.45, 7) is 5.25. The van der Waals surface area contributed by atoms with E-state index in [0.717, 1.165) is 19.4 Å². The van der Waals surface area contributed by atoms with E-state index in [1.807, 2.05) is 0 Å². The Kier molecular flexibility index (Phi) is 3.96. The molecule has 0 amide bonds. The fraction of sp³-hybridized carbons (Fsp3) is 0.636. The molecule has 0 radical (unpaired) electrons. The van der Waals surface area contributed by atoms with Gasteiger partial charge in [-0.25, -0.2) is 0 Å².